The maximum absolute atomic E-state index is 14.3. The SMILES string of the molecule is CCCCCCCCCCCC(=O)O[C@H]1[C@H](O[C@@H]2[C@@H](O)[C@H]3OC(=O)CCCCCCCCCC(CCC)O[C@@H]4O[C@H](C)[C@@H](O)[C@H](O)[C@H]4O[C@@H]3O[C@H]2C)O[C@@H](C)[C@H](O[C@@H]2O[C@@H](C)[C@H](OC(=O)[C@@H](C)CC)[C@@H](O)[C@H]2O)[C@H]1O[C@@H]1O[C@H](CO)[C@@H](O)[C@H](O)[C@H]1O. The van der Waals surface area contributed by atoms with E-state index in [9.17, 15) is 60.3 Å². The lowest BCUT2D eigenvalue weighted by Crippen LogP contribution is -2.68. The highest BCUT2D eigenvalue weighted by Gasteiger charge is 2.59. The van der Waals surface area contributed by atoms with Gasteiger partial charge in [0.05, 0.1) is 43.0 Å². The second-order valence-electron chi connectivity index (χ2n) is 24.6. The van der Waals surface area contributed by atoms with Crippen LogP contribution >= 0.6 is 0 Å². The van der Waals surface area contributed by atoms with E-state index < -0.39 is 184 Å². The number of fused-ring (bicyclic) bond motifs is 2. The molecule has 0 bridgehead atoms. The fourth-order valence-electron chi connectivity index (χ4n) is 12.0. The van der Waals surface area contributed by atoms with Gasteiger partial charge in [0.2, 0.25) is 0 Å². The summed E-state index contributed by atoms with van der Waals surface area (Å²) in [6, 6.07) is 0. The summed E-state index contributed by atoms with van der Waals surface area (Å²) in [6.07, 6.45) is -23.1. The number of ether oxygens (including phenoxy) is 13. The third-order valence-corrected chi connectivity index (χ3v) is 17.7. The number of carbonyl (C=O) groups excluding carboxylic acids is 3. The van der Waals surface area contributed by atoms with Crippen LogP contribution in [0.15, 0.2) is 0 Å². The largest absolute Gasteiger partial charge is 0.457 e. The van der Waals surface area contributed by atoms with Crippen LogP contribution in [0.25, 0.3) is 0 Å². The van der Waals surface area contributed by atoms with E-state index in [-0.39, 0.29) is 18.9 Å². The molecule has 6 saturated heterocycles. The fourth-order valence-corrected chi connectivity index (χ4v) is 12.0. The lowest BCUT2D eigenvalue weighted by atomic mass is 9.95. The van der Waals surface area contributed by atoms with Crippen molar-refractivity contribution in [3.05, 3.63) is 0 Å². The van der Waals surface area contributed by atoms with Gasteiger partial charge in [-0.25, -0.2) is 0 Å². The summed E-state index contributed by atoms with van der Waals surface area (Å²) in [4.78, 5) is 41.1. The van der Waals surface area contributed by atoms with Crippen molar-refractivity contribution in [2.24, 2.45) is 5.92 Å². The molecular weight excluding hydrogens is 1130 g/mol. The van der Waals surface area contributed by atoms with Crippen LogP contribution in [0.4, 0.5) is 0 Å². The van der Waals surface area contributed by atoms with Crippen molar-refractivity contribution in [2.45, 2.75) is 356 Å². The molecule has 6 aliphatic rings. The number of unbranched alkanes of at least 4 members (excludes halogenated alkanes) is 8. The van der Waals surface area contributed by atoms with E-state index in [1.54, 1.807) is 20.8 Å². The Bertz CT molecular complexity index is 1970. The van der Waals surface area contributed by atoms with Gasteiger partial charge in [0.25, 0.3) is 0 Å². The molecule has 9 N–H and O–H groups in total. The minimum Gasteiger partial charge on any atom is -0.457 e. The first-order valence-corrected chi connectivity index (χ1v) is 32.3. The molecule has 86 heavy (non-hydrogen) atoms. The molecule has 0 radical (unpaired) electrons. The zero-order valence-electron chi connectivity index (χ0n) is 51.9. The molecule has 0 aliphatic carbocycles. The van der Waals surface area contributed by atoms with Gasteiger partial charge in [-0.1, -0.05) is 124 Å². The van der Waals surface area contributed by atoms with Crippen molar-refractivity contribution in [2.75, 3.05) is 6.61 Å². The van der Waals surface area contributed by atoms with E-state index in [1.165, 1.54) is 20.8 Å². The number of esters is 3. The first-order chi connectivity index (χ1) is 41.1. The van der Waals surface area contributed by atoms with Crippen LogP contribution in [0, 0.1) is 5.92 Å². The Morgan fingerprint density at radius 3 is 1.72 bits per heavy atom. The Kier molecular flexibility index (Phi) is 30.5. The molecule has 0 spiro atoms. The van der Waals surface area contributed by atoms with Gasteiger partial charge >= 0.3 is 17.9 Å². The summed E-state index contributed by atoms with van der Waals surface area (Å²) in [5.41, 5.74) is 0. The maximum Gasteiger partial charge on any atom is 0.309 e. The molecule has 6 fully saturated rings. The Hall–Kier alpha value is -2.35. The Balaban J connectivity index is 1.35. The number of hydrogen-bond acceptors (Lipinski definition) is 25. The molecule has 0 aromatic heterocycles. The van der Waals surface area contributed by atoms with E-state index in [1.807, 2.05) is 6.92 Å². The summed E-state index contributed by atoms with van der Waals surface area (Å²) in [7, 11) is 0. The highest BCUT2D eigenvalue weighted by atomic mass is 16.8. The molecule has 1 unspecified atom stereocenters. The summed E-state index contributed by atoms with van der Waals surface area (Å²) < 4.78 is 81.7. The molecule has 27 atom stereocenters. The number of aliphatic hydroxyl groups excluding tert-OH is 9. The molecule has 0 aromatic rings. The van der Waals surface area contributed by atoms with Gasteiger partial charge < -0.3 is 108 Å². The van der Waals surface area contributed by atoms with Crippen LogP contribution < -0.4 is 0 Å². The summed E-state index contributed by atoms with van der Waals surface area (Å²) in [6.45, 7) is 12.9. The molecule has 25 nitrogen and oxygen atoms in total. The number of rotatable bonds is 23. The van der Waals surface area contributed by atoms with Crippen molar-refractivity contribution >= 4 is 17.9 Å². The monoisotopic (exact) mass is 1240 g/mol. The minimum absolute atomic E-state index is 0.0372. The van der Waals surface area contributed by atoms with Crippen molar-refractivity contribution in [3.63, 3.8) is 0 Å². The van der Waals surface area contributed by atoms with Gasteiger partial charge in [-0.2, -0.15) is 0 Å². The van der Waals surface area contributed by atoms with E-state index in [0.29, 0.717) is 38.5 Å². The highest BCUT2D eigenvalue weighted by molar-refractivity contribution is 5.72. The van der Waals surface area contributed by atoms with E-state index in [2.05, 4.69) is 6.92 Å². The Morgan fingerprint density at radius 1 is 0.500 bits per heavy atom. The third-order valence-electron chi connectivity index (χ3n) is 17.7. The molecule has 0 aromatic carbocycles. The minimum atomic E-state index is -2.01. The van der Waals surface area contributed by atoms with Gasteiger partial charge in [-0.05, 0) is 59.8 Å². The van der Waals surface area contributed by atoms with Crippen LogP contribution in [-0.2, 0) is 76.0 Å². The van der Waals surface area contributed by atoms with Gasteiger partial charge in [-0.3, -0.25) is 14.4 Å². The second kappa shape index (κ2) is 36.0. The van der Waals surface area contributed by atoms with Crippen molar-refractivity contribution in [1.29, 1.82) is 0 Å². The lowest BCUT2D eigenvalue weighted by Gasteiger charge is -2.51. The molecule has 6 aliphatic heterocycles. The molecule has 0 amide bonds. The second-order valence-corrected chi connectivity index (χ2v) is 24.6. The van der Waals surface area contributed by atoms with Crippen molar-refractivity contribution in [1.82, 2.24) is 0 Å². The summed E-state index contributed by atoms with van der Waals surface area (Å²) in [5, 5.41) is 102. The summed E-state index contributed by atoms with van der Waals surface area (Å²) >= 11 is 0. The fraction of sp³-hybridized carbons (Fsp3) is 0.951. The predicted octanol–water partition coefficient (Wildman–Crippen LogP) is 3.52. The van der Waals surface area contributed by atoms with Crippen LogP contribution in [0.5, 0.6) is 0 Å². The zero-order chi connectivity index (χ0) is 62.8. The standard InChI is InChI=1S/C61H106O25/c1-9-12-13-14-15-16-19-22-26-30-40(64)81-55-54(86-58-46(70)43(67)42(66)38(31-62)79-58)51(84-57-47(71)45(69)49(34(6)75-57)82-56(73)32(4)11-3)36(8)77-61(55)83-50-35(7)76-60-53(48(50)72)80-39(63)29-25-23-20-17-18-21-24-28-37(27-10-2)78-59-52(85-60)44(68)41(65)33(5)74-59/h32-38,41-55,57-62,65-72H,9-31H2,1-8H3/t32-,33+,34-,35-,36-,37?,38+,41+,42+,43-,44-,45-,46+,47+,48+,49-,50-,51-,52+,53+,54+,55+,57-,58-,59-,60-,61-/m0/s1. The maximum atomic E-state index is 14.3. The molecule has 0 saturated carbocycles. The first-order valence-electron chi connectivity index (χ1n) is 32.3. The highest BCUT2D eigenvalue weighted by Crippen LogP contribution is 2.39. The average molecular weight is 1240 g/mol. The van der Waals surface area contributed by atoms with E-state index in [4.69, 9.17) is 61.6 Å². The van der Waals surface area contributed by atoms with Gasteiger partial charge in [0, 0.05) is 12.8 Å². The molecule has 6 rings (SSSR count). The van der Waals surface area contributed by atoms with Crippen LogP contribution in [0.2, 0.25) is 0 Å². The van der Waals surface area contributed by atoms with Crippen LogP contribution in [0.3, 0.4) is 0 Å². The van der Waals surface area contributed by atoms with Crippen molar-refractivity contribution < 1.29 is 122 Å². The van der Waals surface area contributed by atoms with Crippen molar-refractivity contribution in [3.8, 4) is 0 Å². The number of hydrogen-bond donors (Lipinski definition) is 9. The van der Waals surface area contributed by atoms with E-state index in [0.717, 1.165) is 89.9 Å². The molecule has 500 valence electrons. The third kappa shape index (κ3) is 19.8. The smallest absolute Gasteiger partial charge is 0.309 e. The molecular formula is C61H106O25. The Morgan fingerprint density at radius 2 is 1.06 bits per heavy atom. The predicted molar refractivity (Wildman–Crippen MR) is 303 cm³/mol. The first kappa shape index (κ1) is 72.7. The topological polar surface area (TPSA) is 353 Å². The van der Waals surface area contributed by atoms with Crippen LogP contribution in [-0.4, -0.2) is 230 Å². The van der Waals surface area contributed by atoms with E-state index >= 15 is 0 Å². The zero-order valence-corrected chi connectivity index (χ0v) is 51.9. The molecule has 6 heterocycles. The molecule has 25 heteroatoms. The van der Waals surface area contributed by atoms with Gasteiger partial charge in [0.1, 0.15) is 79.4 Å². The average Bonchev–Trinajstić information content (AvgIpc) is 0.928. The summed E-state index contributed by atoms with van der Waals surface area (Å²) in [5.74, 6) is -2.66. The Labute approximate surface area is 507 Å². The van der Waals surface area contributed by atoms with Gasteiger partial charge in [-0.15, -0.1) is 0 Å². The number of carbonyl (C=O) groups is 3. The lowest BCUT2D eigenvalue weighted by molar-refractivity contribution is -0.400. The van der Waals surface area contributed by atoms with Gasteiger partial charge in [0.15, 0.2) is 49.8 Å². The number of aliphatic hydroxyl groups is 9. The van der Waals surface area contributed by atoms with Crippen LogP contribution in [0.1, 0.15) is 197 Å². The normalized spacial score (nSPS) is 42.0. The quantitative estimate of drug-likeness (QED) is 0.0401.